The van der Waals surface area contributed by atoms with Crippen molar-refractivity contribution in [2.45, 2.75) is 23.3 Å². The summed E-state index contributed by atoms with van der Waals surface area (Å²) in [6.45, 7) is 1.55. The predicted molar refractivity (Wildman–Crippen MR) is 69.1 cm³/mol. The van der Waals surface area contributed by atoms with Crippen molar-refractivity contribution in [3.05, 3.63) is 29.8 Å². The molecule has 0 radical (unpaired) electrons. The largest absolute Gasteiger partial charge is 0.341 e. The molecular formula is C13H16N2OS. The molecule has 0 aromatic heterocycles. The van der Waals surface area contributed by atoms with Crippen LogP contribution in [-0.2, 0) is 4.79 Å². The first-order valence-corrected chi connectivity index (χ1v) is 7.00. The van der Waals surface area contributed by atoms with Crippen molar-refractivity contribution in [3.8, 4) is 0 Å². The Bertz CT molecular complexity index is 449. The Morgan fingerprint density at radius 3 is 3.00 bits per heavy atom. The average molecular weight is 248 g/mol. The molecule has 0 bridgehead atoms. The maximum absolute atomic E-state index is 12.4. The standard InChI is InChI=1S/C13H16N2OS/c14-9-5-6-15(7-9)13(16)11-8-17-12-4-2-1-3-10(11)12/h1-4,9,11H,5-8,14H2. The van der Waals surface area contributed by atoms with Crippen LogP contribution in [0.15, 0.2) is 29.2 Å². The Labute approximate surface area is 105 Å². The van der Waals surface area contributed by atoms with Gasteiger partial charge in [-0.1, -0.05) is 18.2 Å². The molecule has 2 unspecified atom stereocenters. The molecule has 3 nitrogen and oxygen atoms in total. The number of hydrogen-bond acceptors (Lipinski definition) is 3. The van der Waals surface area contributed by atoms with Crippen LogP contribution in [0.5, 0.6) is 0 Å². The summed E-state index contributed by atoms with van der Waals surface area (Å²) in [5.41, 5.74) is 7.05. The van der Waals surface area contributed by atoms with E-state index < -0.39 is 0 Å². The summed E-state index contributed by atoms with van der Waals surface area (Å²) in [6.07, 6.45) is 0.938. The summed E-state index contributed by atoms with van der Waals surface area (Å²) >= 11 is 1.79. The molecule has 90 valence electrons. The predicted octanol–water partition coefficient (Wildman–Crippen LogP) is 1.44. The number of hydrogen-bond donors (Lipinski definition) is 1. The number of carbonyl (C=O) groups is 1. The van der Waals surface area contributed by atoms with Gasteiger partial charge in [0.25, 0.3) is 0 Å². The highest BCUT2D eigenvalue weighted by Gasteiger charge is 2.34. The van der Waals surface area contributed by atoms with Crippen molar-refractivity contribution in [2.24, 2.45) is 5.73 Å². The summed E-state index contributed by atoms with van der Waals surface area (Å²) in [7, 11) is 0. The molecule has 0 saturated carbocycles. The fourth-order valence-corrected chi connectivity index (χ4v) is 3.80. The number of thioether (sulfide) groups is 1. The van der Waals surface area contributed by atoms with Crippen LogP contribution in [0.25, 0.3) is 0 Å². The van der Waals surface area contributed by atoms with Crippen LogP contribution in [0.1, 0.15) is 17.9 Å². The van der Waals surface area contributed by atoms with Gasteiger partial charge >= 0.3 is 0 Å². The fraction of sp³-hybridized carbons (Fsp3) is 0.462. The van der Waals surface area contributed by atoms with Crippen molar-refractivity contribution in [1.29, 1.82) is 0 Å². The lowest BCUT2D eigenvalue weighted by molar-refractivity contribution is -0.131. The molecule has 2 aliphatic heterocycles. The van der Waals surface area contributed by atoms with E-state index in [1.165, 1.54) is 10.5 Å². The number of amides is 1. The zero-order valence-corrected chi connectivity index (χ0v) is 10.5. The molecule has 1 amide bonds. The Hall–Kier alpha value is -1.00. The van der Waals surface area contributed by atoms with Gasteiger partial charge in [-0.25, -0.2) is 0 Å². The first-order chi connectivity index (χ1) is 8.25. The number of carbonyl (C=O) groups excluding carboxylic acids is 1. The smallest absolute Gasteiger partial charge is 0.231 e. The number of nitrogens with two attached hydrogens (primary N) is 1. The highest BCUT2D eigenvalue weighted by Crippen LogP contribution is 2.40. The van der Waals surface area contributed by atoms with Crippen LogP contribution in [0.2, 0.25) is 0 Å². The summed E-state index contributed by atoms with van der Waals surface area (Å²) < 4.78 is 0. The SMILES string of the molecule is NC1CCN(C(=O)C2CSc3ccccc32)C1. The molecule has 3 rings (SSSR count). The molecular weight excluding hydrogens is 232 g/mol. The van der Waals surface area contributed by atoms with Crippen LogP contribution in [-0.4, -0.2) is 35.7 Å². The molecule has 1 saturated heterocycles. The summed E-state index contributed by atoms with van der Waals surface area (Å²) in [4.78, 5) is 15.6. The van der Waals surface area contributed by atoms with Gasteiger partial charge in [0.05, 0.1) is 5.92 Å². The zero-order chi connectivity index (χ0) is 11.8. The monoisotopic (exact) mass is 248 g/mol. The van der Waals surface area contributed by atoms with Crippen LogP contribution >= 0.6 is 11.8 Å². The van der Waals surface area contributed by atoms with Gasteiger partial charge in [0.2, 0.25) is 5.91 Å². The third-order valence-electron chi connectivity index (χ3n) is 3.53. The van der Waals surface area contributed by atoms with E-state index in [-0.39, 0.29) is 17.9 Å². The summed E-state index contributed by atoms with van der Waals surface area (Å²) in [5, 5.41) is 0. The number of rotatable bonds is 1. The molecule has 2 heterocycles. The second-order valence-corrected chi connectivity index (χ2v) is 5.80. The highest BCUT2D eigenvalue weighted by molar-refractivity contribution is 7.99. The molecule has 1 aromatic rings. The molecule has 0 aliphatic carbocycles. The number of likely N-dealkylation sites (tertiary alicyclic amines) is 1. The van der Waals surface area contributed by atoms with Gasteiger partial charge < -0.3 is 10.6 Å². The highest BCUT2D eigenvalue weighted by atomic mass is 32.2. The minimum absolute atomic E-state index is 0.0431. The van der Waals surface area contributed by atoms with Crippen LogP contribution in [0, 0.1) is 0 Å². The van der Waals surface area contributed by atoms with Crippen LogP contribution in [0.4, 0.5) is 0 Å². The lowest BCUT2D eigenvalue weighted by Crippen LogP contribution is -2.35. The average Bonchev–Trinajstić information content (AvgIpc) is 2.94. The summed E-state index contributed by atoms with van der Waals surface area (Å²) in [6, 6.07) is 8.39. The van der Waals surface area contributed by atoms with E-state index in [4.69, 9.17) is 5.73 Å². The maximum atomic E-state index is 12.4. The van der Waals surface area contributed by atoms with Crippen molar-refractivity contribution in [3.63, 3.8) is 0 Å². The zero-order valence-electron chi connectivity index (χ0n) is 9.63. The molecule has 2 N–H and O–H groups in total. The van der Waals surface area contributed by atoms with E-state index in [9.17, 15) is 4.79 Å². The molecule has 1 fully saturated rings. The van der Waals surface area contributed by atoms with Gasteiger partial charge in [-0.05, 0) is 18.1 Å². The number of nitrogens with zero attached hydrogens (tertiary/aromatic N) is 1. The van der Waals surface area contributed by atoms with Gasteiger partial charge in [-0.15, -0.1) is 11.8 Å². The summed E-state index contributed by atoms with van der Waals surface area (Å²) in [5.74, 6) is 1.18. The van der Waals surface area contributed by atoms with Gasteiger partial charge in [0, 0.05) is 29.8 Å². The maximum Gasteiger partial charge on any atom is 0.231 e. The van der Waals surface area contributed by atoms with Crippen LogP contribution in [0.3, 0.4) is 0 Å². The van der Waals surface area contributed by atoms with Crippen molar-refractivity contribution < 1.29 is 4.79 Å². The first-order valence-electron chi connectivity index (χ1n) is 6.02. The third kappa shape index (κ3) is 1.96. The van der Waals surface area contributed by atoms with E-state index in [0.29, 0.717) is 0 Å². The van der Waals surface area contributed by atoms with Gasteiger partial charge in [0.1, 0.15) is 0 Å². The molecule has 1 aromatic carbocycles. The molecule has 0 spiro atoms. The first kappa shape index (κ1) is 11.1. The minimum Gasteiger partial charge on any atom is -0.341 e. The van der Waals surface area contributed by atoms with E-state index in [1.54, 1.807) is 11.8 Å². The lowest BCUT2D eigenvalue weighted by Gasteiger charge is -2.20. The minimum atomic E-state index is 0.0431. The Kier molecular flexibility index (Phi) is 2.84. The molecule has 2 atom stereocenters. The Balaban J connectivity index is 1.80. The van der Waals surface area contributed by atoms with Crippen molar-refractivity contribution in [1.82, 2.24) is 4.90 Å². The van der Waals surface area contributed by atoms with E-state index in [0.717, 1.165) is 25.3 Å². The van der Waals surface area contributed by atoms with E-state index >= 15 is 0 Å². The molecule has 4 heteroatoms. The van der Waals surface area contributed by atoms with Crippen LogP contribution < -0.4 is 5.73 Å². The topological polar surface area (TPSA) is 46.3 Å². The second kappa shape index (κ2) is 4.35. The van der Waals surface area contributed by atoms with E-state index in [1.807, 2.05) is 17.0 Å². The van der Waals surface area contributed by atoms with Crippen molar-refractivity contribution in [2.75, 3.05) is 18.8 Å². The molecule has 2 aliphatic rings. The molecule has 17 heavy (non-hydrogen) atoms. The quantitative estimate of drug-likeness (QED) is 0.818. The number of benzene rings is 1. The van der Waals surface area contributed by atoms with Gasteiger partial charge in [-0.3, -0.25) is 4.79 Å². The van der Waals surface area contributed by atoms with E-state index in [2.05, 4.69) is 12.1 Å². The van der Waals surface area contributed by atoms with Crippen molar-refractivity contribution >= 4 is 17.7 Å². The third-order valence-corrected chi connectivity index (χ3v) is 4.72. The van der Waals surface area contributed by atoms with Gasteiger partial charge in [0.15, 0.2) is 0 Å². The second-order valence-electron chi connectivity index (χ2n) is 4.73. The van der Waals surface area contributed by atoms with Gasteiger partial charge in [-0.2, -0.15) is 0 Å². The fourth-order valence-electron chi connectivity index (χ4n) is 2.57. The number of fused-ring (bicyclic) bond motifs is 1. The lowest BCUT2D eigenvalue weighted by atomic mass is 10.00. The normalized spacial score (nSPS) is 27.2. The Morgan fingerprint density at radius 1 is 1.41 bits per heavy atom. The Morgan fingerprint density at radius 2 is 2.24 bits per heavy atom.